The van der Waals surface area contributed by atoms with Gasteiger partial charge in [-0.2, -0.15) is 0 Å². The molecule has 1 heterocycles. The summed E-state index contributed by atoms with van der Waals surface area (Å²) >= 11 is 0. The van der Waals surface area contributed by atoms with E-state index >= 15 is 0 Å². The van der Waals surface area contributed by atoms with Gasteiger partial charge in [-0.05, 0) is 43.4 Å². The van der Waals surface area contributed by atoms with Crippen LogP contribution in [0, 0.1) is 5.92 Å². The van der Waals surface area contributed by atoms with E-state index in [2.05, 4.69) is 51.4 Å². The van der Waals surface area contributed by atoms with Gasteiger partial charge in [0.1, 0.15) is 0 Å². The Kier molecular flexibility index (Phi) is 7.78. The van der Waals surface area contributed by atoms with E-state index < -0.39 is 0 Å². The fraction of sp³-hybridized carbons (Fsp3) is 0.652. The van der Waals surface area contributed by atoms with E-state index in [4.69, 9.17) is 4.74 Å². The average molecular weight is 401 g/mol. The Labute approximate surface area is 175 Å². The molecule has 0 aromatic heterocycles. The molecule has 2 fully saturated rings. The van der Waals surface area contributed by atoms with Crippen LogP contribution in [0.2, 0.25) is 0 Å². The number of likely N-dealkylation sites (tertiary alicyclic amines) is 1. The minimum Gasteiger partial charge on any atom is -0.469 e. The van der Waals surface area contributed by atoms with Crippen LogP contribution in [0.15, 0.2) is 29.3 Å². The second-order valence-corrected chi connectivity index (χ2v) is 8.25. The molecule has 0 unspecified atom stereocenters. The number of rotatable bonds is 5. The summed E-state index contributed by atoms with van der Waals surface area (Å²) in [6.45, 7) is 2.39. The Morgan fingerprint density at radius 1 is 1.14 bits per heavy atom. The number of benzene rings is 1. The van der Waals surface area contributed by atoms with Crippen LogP contribution in [0.25, 0.3) is 0 Å². The van der Waals surface area contributed by atoms with Gasteiger partial charge in [0.25, 0.3) is 0 Å². The molecule has 0 atom stereocenters. The number of nitrogens with one attached hydrogen (secondary N) is 1. The zero-order chi connectivity index (χ0) is 20.6. The van der Waals surface area contributed by atoms with E-state index in [1.807, 2.05) is 7.05 Å². The molecule has 1 aromatic carbocycles. The fourth-order valence-electron chi connectivity index (χ4n) is 4.54. The molecule has 3 rings (SSSR count). The van der Waals surface area contributed by atoms with Crippen LogP contribution in [-0.2, 0) is 16.1 Å². The summed E-state index contributed by atoms with van der Waals surface area (Å²) in [5, 5.41) is 3.47. The molecule has 0 amide bonds. The lowest BCUT2D eigenvalue weighted by Gasteiger charge is -2.33. The number of ether oxygens (including phenoxy) is 1. The highest BCUT2D eigenvalue weighted by Gasteiger charge is 2.27. The lowest BCUT2D eigenvalue weighted by molar-refractivity contribution is -0.146. The van der Waals surface area contributed by atoms with Crippen LogP contribution in [0.5, 0.6) is 0 Å². The highest BCUT2D eigenvalue weighted by molar-refractivity contribution is 5.80. The first-order valence-corrected chi connectivity index (χ1v) is 11.0. The van der Waals surface area contributed by atoms with Crippen molar-refractivity contribution in [3.63, 3.8) is 0 Å². The molecule has 6 heteroatoms. The topological polar surface area (TPSA) is 57.2 Å². The molecular formula is C23H36N4O2. The number of hydrogen-bond donors (Lipinski definition) is 1. The number of esters is 1. The van der Waals surface area contributed by atoms with Gasteiger partial charge < -0.3 is 19.9 Å². The van der Waals surface area contributed by atoms with Gasteiger partial charge in [-0.15, -0.1) is 0 Å². The number of nitrogens with zero attached hydrogens (tertiary/aromatic N) is 3. The number of carbonyl (C=O) groups is 1. The largest absolute Gasteiger partial charge is 0.469 e. The average Bonchev–Trinajstić information content (AvgIpc) is 2.80. The summed E-state index contributed by atoms with van der Waals surface area (Å²) in [6.07, 6.45) is 8.34. The van der Waals surface area contributed by atoms with Gasteiger partial charge in [0.2, 0.25) is 0 Å². The first kappa shape index (κ1) is 21.5. The number of hydrogen-bond acceptors (Lipinski definition) is 4. The van der Waals surface area contributed by atoms with Crippen molar-refractivity contribution in [2.75, 3.05) is 39.2 Å². The van der Waals surface area contributed by atoms with Gasteiger partial charge in [0, 0.05) is 45.5 Å². The Morgan fingerprint density at radius 2 is 1.79 bits per heavy atom. The zero-order valence-corrected chi connectivity index (χ0v) is 18.2. The van der Waals surface area contributed by atoms with Gasteiger partial charge >= 0.3 is 5.97 Å². The minimum atomic E-state index is -0.0918. The molecular weight excluding hydrogens is 364 g/mol. The second kappa shape index (κ2) is 10.5. The van der Waals surface area contributed by atoms with Crippen molar-refractivity contribution in [1.29, 1.82) is 0 Å². The summed E-state index contributed by atoms with van der Waals surface area (Å²) in [5.74, 6) is 0.825. The van der Waals surface area contributed by atoms with Crippen molar-refractivity contribution >= 4 is 17.6 Å². The predicted molar refractivity (Wildman–Crippen MR) is 118 cm³/mol. The van der Waals surface area contributed by atoms with E-state index in [1.54, 1.807) is 0 Å². The van der Waals surface area contributed by atoms with E-state index in [-0.39, 0.29) is 11.9 Å². The van der Waals surface area contributed by atoms with Crippen LogP contribution < -0.4 is 10.2 Å². The van der Waals surface area contributed by atoms with E-state index in [1.165, 1.54) is 50.5 Å². The Morgan fingerprint density at radius 3 is 2.38 bits per heavy atom. The molecule has 160 valence electrons. The summed E-state index contributed by atoms with van der Waals surface area (Å²) in [4.78, 5) is 20.8. The quantitative estimate of drug-likeness (QED) is 0.466. The van der Waals surface area contributed by atoms with Crippen molar-refractivity contribution in [3.8, 4) is 0 Å². The summed E-state index contributed by atoms with van der Waals surface area (Å²) < 4.78 is 4.88. The summed E-state index contributed by atoms with van der Waals surface area (Å²) in [5.41, 5.74) is 2.55. The van der Waals surface area contributed by atoms with Gasteiger partial charge in [-0.1, -0.05) is 31.4 Å². The van der Waals surface area contributed by atoms with Crippen molar-refractivity contribution in [3.05, 3.63) is 29.8 Å². The van der Waals surface area contributed by atoms with Gasteiger partial charge in [0.15, 0.2) is 5.96 Å². The number of piperidine rings is 1. The molecule has 0 bridgehead atoms. The van der Waals surface area contributed by atoms with Crippen LogP contribution in [0.3, 0.4) is 0 Å². The molecule has 1 aromatic rings. The van der Waals surface area contributed by atoms with E-state index in [9.17, 15) is 4.79 Å². The third-order valence-corrected chi connectivity index (χ3v) is 6.46. The van der Waals surface area contributed by atoms with Crippen molar-refractivity contribution in [1.82, 2.24) is 10.2 Å². The number of methoxy groups -OCH3 is 1. The number of guanidine groups is 1. The maximum absolute atomic E-state index is 11.7. The van der Waals surface area contributed by atoms with Crippen LogP contribution in [-0.4, -0.2) is 57.2 Å². The lowest BCUT2D eigenvalue weighted by Crippen LogP contribution is -2.46. The van der Waals surface area contributed by atoms with Crippen LogP contribution in [0.4, 0.5) is 5.69 Å². The summed E-state index contributed by atoms with van der Waals surface area (Å²) in [6, 6.07) is 9.56. The third-order valence-electron chi connectivity index (χ3n) is 6.46. The minimum absolute atomic E-state index is 0.0167. The zero-order valence-electron chi connectivity index (χ0n) is 18.2. The molecule has 0 radical (unpaired) electrons. The molecule has 1 N–H and O–H groups in total. The summed E-state index contributed by atoms with van der Waals surface area (Å²) in [7, 11) is 5.51. The van der Waals surface area contributed by atoms with Crippen LogP contribution >= 0.6 is 0 Å². The maximum Gasteiger partial charge on any atom is 0.308 e. The standard InChI is InChI=1S/C23H36N4O2/c1-24-23(27-15-13-19(14-16-27)22(28)29-3)25-17-18-9-11-21(12-10-18)26(2)20-7-5-4-6-8-20/h9-12,19-20H,4-8,13-17H2,1-3H3,(H,24,25). The molecule has 1 saturated carbocycles. The van der Waals surface area contributed by atoms with E-state index in [0.29, 0.717) is 6.04 Å². The van der Waals surface area contributed by atoms with Crippen molar-refractivity contribution < 1.29 is 9.53 Å². The lowest BCUT2D eigenvalue weighted by atomic mass is 9.94. The molecule has 29 heavy (non-hydrogen) atoms. The molecule has 0 spiro atoms. The highest BCUT2D eigenvalue weighted by Crippen LogP contribution is 2.26. The number of anilines is 1. The first-order valence-electron chi connectivity index (χ1n) is 11.0. The van der Waals surface area contributed by atoms with Crippen molar-refractivity contribution in [2.45, 2.75) is 57.5 Å². The maximum atomic E-state index is 11.7. The third kappa shape index (κ3) is 5.64. The van der Waals surface area contributed by atoms with Gasteiger partial charge in [-0.3, -0.25) is 9.79 Å². The molecule has 6 nitrogen and oxygen atoms in total. The predicted octanol–water partition coefficient (Wildman–Crippen LogP) is 3.42. The SMILES string of the molecule is CN=C(NCc1ccc(N(C)C2CCCCC2)cc1)N1CCC(C(=O)OC)CC1. The monoisotopic (exact) mass is 400 g/mol. The second-order valence-electron chi connectivity index (χ2n) is 8.25. The van der Waals surface area contributed by atoms with Crippen molar-refractivity contribution in [2.24, 2.45) is 10.9 Å². The molecule has 1 saturated heterocycles. The molecule has 1 aliphatic heterocycles. The van der Waals surface area contributed by atoms with Gasteiger partial charge in [-0.25, -0.2) is 0 Å². The highest BCUT2D eigenvalue weighted by atomic mass is 16.5. The van der Waals surface area contributed by atoms with E-state index in [0.717, 1.165) is 38.4 Å². The first-order chi connectivity index (χ1) is 14.1. The molecule has 1 aliphatic carbocycles. The normalized spacial score (nSPS) is 19.1. The number of aliphatic imine (C=N–C) groups is 1. The Hall–Kier alpha value is -2.24. The van der Waals surface area contributed by atoms with Gasteiger partial charge in [0.05, 0.1) is 13.0 Å². The number of carbonyl (C=O) groups excluding carboxylic acids is 1. The smallest absolute Gasteiger partial charge is 0.308 e. The Balaban J connectivity index is 1.49. The van der Waals surface area contributed by atoms with Crippen LogP contribution in [0.1, 0.15) is 50.5 Å². The fourth-order valence-corrected chi connectivity index (χ4v) is 4.54. The Bertz CT molecular complexity index is 675. The molecule has 2 aliphatic rings.